The Hall–Kier alpha value is -2.15. The van der Waals surface area contributed by atoms with Gasteiger partial charge in [0.05, 0.1) is 18.2 Å². The molecule has 0 bridgehead atoms. The third kappa shape index (κ3) is 2.00. The smallest absolute Gasteiger partial charge is 0.233 e. The molecule has 1 aromatic carbocycles. The Morgan fingerprint density at radius 2 is 1.61 bits per heavy atom. The van der Waals surface area contributed by atoms with Gasteiger partial charge in [0.15, 0.2) is 0 Å². The van der Waals surface area contributed by atoms with Gasteiger partial charge in [0, 0.05) is 11.8 Å². The molecule has 2 amide bonds. The monoisotopic (exact) mass is 242 g/mol. The first kappa shape index (κ1) is 12.3. The van der Waals surface area contributed by atoms with Gasteiger partial charge in [0.2, 0.25) is 11.8 Å². The molecule has 4 heteroatoms. The van der Waals surface area contributed by atoms with E-state index in [1.54, 1.807) is 38.1 Å². The van der Waals surface area contributed by atoms with Crippen molar-refractivity contribution in [1.29, 1.82) is 5.26 Å². The van der Waals surface area contributed by atoms with Crippen molar-refractivity contribution in [1.82, 2.24) is 4.90 Å². The highest BCUT2D eigenvalue weighted by atomic mass is 16.2. The first-order valence-corrected chi connectivity index (χ1v) is 5.89. The predicted octanol–water partition coefficient (Wildman–Crippen LogP) is 1.70. The molecule has 0 N–H and O–H groups in total. The summed E-state index contributed by atoms with van der Waals surface area (Å²) in [5, 5.41) is 8.70. The molecule has 1 aliphatic rings. The second-order valence-electron chi connectivity index (χ2n) is 4.65. The van der Waals surface area contributed by atoms with Gasteiger partial charge in [-0.25, -0.2) is 0 Å². The van der Waals surface area contributed by atoms with E-state index in [2.05, 4.69) is 0 Å². The fourth-order valence-corrected chi connectivity index (χ4v) is 2.05. The van der Waals surface area contributed by atoms with E-state index >= 15 is 0 Å². The molecule has 1 fully saturated rings. The van der Waals surface area contributed by atoms with E-state index in [0.717, 1.165) is 5.56 Å². The number of rotatable bonds is 2. The van der Waals surface area contributed by atoms with E-state index in [1.165, 1.54) is 4.90 Å². The largest absolute Gasteiger partial charge is 0.278 e. The van der Waals surface area contributed by atoms with Gasteiger partial charge in [-0.05, 0) is 17.7 Å². The van der Waals surface area contributed by atoms with Crippen LogP contribution in [0.5, 0.6) is 0 Å². The quantitative estimate of drug-likeness (QED) is 0.741. The maximum Gasteiger partial charge on any atom is 0.233 e. The van der Waals surface area contributed by atoms with Gasteiger partial charge in [-0.15, -0.1) is 0 Å². The summed E-state index contributed by atoms with van der Waals surface area (Å²) in [4.78, 5) is 25.1. The maximum atomic E-state index is 11.9. The number of carbonyl (C=O) groups excluding carboxylic acids is 2. The summed E-state index contributed by atoms with van der Waals surface area (Å²) in [5.74, 6) is -0.708. The number of nitrogens with zero attached hydrogens (tertiary/aromatic N) is 2. The Morgan fingerprint density at radius 1 is 1.11 bits per heavy atom. The first-order valence-electron chi connectivity index (χ1n) is 5.89. The summed E-state index contributed by atoms with van der Waals surface area (Å²) in [6.07, 6.45) is 0. The van der Waals surface area contributed by atoms with Crippen molar-refractivity contribution in [3.63, 3.8) is 0 Å². The normalized spacial score (nSPS) is 23.3. The molecule has 1 aliphatic heterocycles. The average Bonchev–Trinajstić information content (AvgIpc) is 2.57. The number of hydrogen-bond donors (Lipinski definition) is 0. The van der Waals surface area contributed by atoms with Crippen LogP contribution in [0, 0.1) is 23.2 Å². The Labute approximate surface area is 106 Å². The van der Waals surface area contributed by atoms with Gasteiger partial charge >= 0.3 is 0 Å². The van der Waals surface area contributed by atoms with Crippen LogP contribution < -0.4 is 0 Å². The van der Waals surface area contributed by atoms with E-state index in [0.29, 0.717) is 5.56 Å². The van der Waals surface area contributed by atoms with E-state index in [4.69, 9.17) is 5.26 Å². The zero-order valence-electron chi connectivity index (χ0n) is 10.4. The lowest BCUT2D eigenvalue weighted by molar-refractivity contribution is -0.140. The maximum absolute atomic E-state index is 11.9. The van der Waals surface area contributed by atoms with Crippen molar-refractivity contribution < 1.29 is 9.59 Å². The molecule has 4 nitrogen and oxygen atoms in total. The van der Waals surface area contributed by atoms with Gasteiger partial charge in [-0.2, -0.15) is 5.26 Å². The highest BCUT2D eigenvalue weighted by molar-refractivity contribution is 6.04. The van der Waals surface area contributed by atoms with Gasteiger partial charge < -0.3 is 0 Å². The van der Waals surface area contributed by atoms with E-state index in [1.807, 2.05) is 6.07 Å². The second kappa shape index (κ2) is 4.61. The summed E-state index contributed by atoms with van der Waals surface area (Å²) in [5.41, 5.74) is 1.43. The topological polar surface area (TPSA) is 61.2 Å². The minimum absolute atomic E-state index is 0.114. The fourth-order valence-electron chi connectivity index (χ4n) is 2.05. The van der Waals surface area contributed by atoms with Crippen molar-refractivity contribution >= 4 is 11.8 Å². The molecule has 0 aliphatic carbocycles. The number of benzene rings is 1. The third-order valence-electron chi connectivity index (χ3n) is 3.48. The summed E-state index contributed by atoms with van der Waals surface area (Å²) >= 11 is 0. The van der Waals surface area contributed by atoms with Gasteiger partial charge in [-0.1, -0.05) is 26.0 Å². The molecular formula is C14H14N2O2. The Bertz CT molecular complexity index is 508. The molecule has 2 atom stereocenters. The van der Waals surface area contributed by atoms with Crippen molar-refractivity contribution in [2.45, 2.75) is 20.4 Å². The Balaban J connectivity index is 2.16. The molecule has 0 aromatic heterocycles. The molecule has 2 rings (SSSR count). The molecule has 0 radical (unpaired) electrons. The number of nitriles is 1. The van der Waals surface area contributed by atoms with Crippen molar-refractivity contribution in [2.75, 3.05) is 0 Å². The molecule has 1 aromatic rings. The Morgan fingerprint density at radius 3 is 2.06 bits per heavy atom. The zero-order valence-corrected chi connectivity index (χ0v) is 10.4. The highest BCUT2D eigenvalue weighted by Gasteiger charge is 2.41. The summed E-state index contributed by atoms with van der Waals surface area (Å²) in [6.45, 7) is 3.85. The van der Waals surface area contributed by atoms with Crippen LogP contribution in [0.15, 0.2) is 24.3 Å². The van der Waals surface area contributed by atoms with Crippen molar-refractivity contribution in [3.8, 4) is 6.07 Å². The SMILES string of the molecule is CC1C(=O)N(Cc2ccc(C#N)cc2)C(=O)C1C. The molecule has 1 heterocycles. The summed E-state index contributed by atoms with van der Waals surface area (Å²) < 4.78 is 0. The second-order valence-corrected chi connectivity index (χ2v) is 4.65. The standard InChI is InChI=1S/C14H14N2O2/c1-9-10(2)14(18)16(13(9)17)8-12-5-3-11(7-15)4-6-12/h3-6,9-10H,8H2,1-2H3. The van der Waals surface area contributed by atoms with Crippen LogP contribution in [0.25, 0.3) is 0 Å². The molecule has 1 saturated heterocycles. The van der Waals surface area contributed by atoms with Gasteiger partial charge in [-0.3, -0.25) is 14.5 Å². The molecule has 2 unspecified atom stereocenters. The highest BCUT2D eigenvalue weighted by Crippen LogP contribution is 2.26. The number of carbonyl (C=O) groups is 2. The van der Waals surface area contributed by atoms with Crippen LogP contribution in [-0.2, 0) is 16.1 Å². The van der Waals surface area contributed by atoms with Gasteiger partial charge in [0.1, 0.15) is 0 Å². The lowest BCUT2D eigenvalue weighted by Gasteiger charge is -2.14. The van der Waals surface area contributed by atoms with Crippen molar-refractivity contribution in [2.24, 2.45) is 11.8 Å². The van der Waals surface area contributed by atoms with Crippen LogP contribution >= 0.6 is 0 Å². The predicted molar refractivity (Wildman–Crippen MR) is 65.0 cm³/mol. The third-order valence-corrected chi connectivity index (χ3v) is 3.48. The average molecular weight is 242 g/mol. The minimum atomic E-state index is -0.240. The number of imide groups is 1. The lowest BCUT2D eigenvalue weighted by atomic mass is 10.00. The summed E-state index contributed by atoms with van der Waals surface area (Å²) in [7, 11) is 0. The molecule has 0 saturated carbocycles. The molecule has 18 heavy (non-hydrogen) atoms. The molecule has 0 spiro atoms. The van der Waals surface area contributed by atoms with Crippen molar-refractivity contribution in [3.05, 3.63) is 35.4 Å². The number of amides is 2. The first-order chi connectivity index (χ1) is 8.54. The fraction of sp³-hybridized carbons (Fsp3) is 0.357. The van der Waals surface area contributed by atoms with E-state index in [-0.39, 0.29) is 30.2 Å². The zero-order chi connectivity index (χ0) is 13.3. The Kier molecular flexibility index (Phi) is 3.15. The number of likely N-dealkylation sites (tertiary alicyclic amines) is 1. The van der Waals surface area contributed by atoms with E-state index < -0.39 is 0 Å². The molecule has 92 valence electrons. The lowest BCUT2D eigenvalue weighted by Crippen LogP contribution is -2.30. The van der Waals surface area contributed by atoms with Gasteiger partial charge in [0.25, 0.3) is 0 Å². The van der Waals surface area contributed by atoms with Crippen LogP contribution in [0.2, 0.25) is 0 Å². The van der Waals surface area contributed by atoms with Crippen LogP contribution in [0.1, 0.15) is 25.0 Å². The summed E-state index contributed by atoms with van der Waals surface area (Å²) in [6, 6.07) is 8.95. The van der Waals surface area contributed by atoms with E-state index in [9.17, 15) is 9.59 Å². The number of hydrogen-bond acceptors (Lipinski definition) is 3. The van der Waals surface area contributed by atoms with Crippen LogP contribution in [-0.4, -0.2) is 16.7 Å². The minimum Gasteiger partial charge on any atom is -0.278 e. The van der Waals surface area contributed by atoms with Crippen LogP contribution in [0.4, 0.5) is 0 Å². The molecular weight excluding hydrogens is 228 g/mol. The van der Waals surface area contributed by atoms with Crippen LogP contribution in [0.3, 0.4) is 0 Å².